The Morgan fingerprint density at radius 2 is 1.82 bits per heavy atom. The van der Waals surface area contributed by atoms with Crippen molar-refractivity contribution in [3.63, 3.8) is 0 Å². The molecule has 2 aromatic rings. The Hall–Kier alpha value is -2.55. The van der Waals surface area contributed by atoms with Crippen LogP contribution in [0.1, 0.15) is 36.5 Å². The van der Waals surface area contributed by atoms with E-state index in [0.717, 1.165) is 22.5 Å². The van der Waals surface area contributed by atoms with Gasteiger partial charge in [0.25, 0.3) is 5.91 Å². The molecule has 0 radical (unpaired) electrons. The second-order valence-corrected chi connectivity index (χ2v) is 5.93. The fourth-order valence-corrected chi connectivity index (χ4v) is 2.69. The molecule has 1 aliphatic rings. The Morgan fingerprint density at radius 1 is 1.09 bits per heavy atom. The van der Waals surface area contributed by atoms with Gasteiger partial charge < -0.3 is 10.6 Å². The van der Waals surface area contributed by atoms with Gasteiger partial charge in [-0.1, -0.05) is 38.1 Å². The van der Waals surface area contributed by atoms with E-state index in [1.807, 2.05) is 37.3 Å². The van der Waals surface area contributed by atoms with Crippen molar-refractivity contribution >= 4 is 22.9 Å². The Balaban J connectivity index is 1.86. The normalized spacial score (nSPS) is 15.1. The lowest BCUT2D eigenvalue weighted by Crippen LogP contribution is -2.05. The molecule has 2 N–H and O–H groups in total. The summed E-state index contributed by atoms with van der Waals surface area (Å²) in [4.78, 5) is 12.1. The SMILES string of the molecule is Cc1cccc2c1/C(=C\Nc1ccc(C(C)C)cc1)C(=O)N2. The molecule has 2 aromatic carbocycles. The molecule has 1 heterocycles. The smallest absolute Gasteiger partial charge is 0.257 e. The maximum absolute atomic E-state index is 12.1. The van der Waals surface area contributed by atoms with E-state index in [9.17, 15) is 4.79 Å². The lowest BCUT2D eigenvalue weighted by atomic mass is 10.0. The molecule has 3 nitrogen and oxygen atoms in total. The molecule has 112 valence electrons. The first-order chi connectivity index (χ1) is 10.6. The molecule has 3 heteroatoms. The van der Waals surface area contributed by atoms with Crippen LogP contribution in [0.15, 0.2) is 48.7 Å². The van der Waals surface area contributed by atoms with E-state index in [0.29, 0.717) is 11.5 Å². The monoisotopic (exact) mass is 292 g/mol. The van der Waals surface area contributed by atoms with Gasteiger partial charge in [0.05, 0.1) is 5.57 Å². The van der Waals surface area contributed by atoms with E-state index >= 15 is 0 Å². The summed E-state index contributed by atoms with van der Waals surface area (Å²) in [6.45, 7) is 6.37. The zero-order valence-corrected chi connectivity index (χ0v) is 13.1. The van der Waals surface area contributed by atoms with Gasteiger partial charge in [0.1, 0.15) is 0 Å². The average Bonchev–Trinajstić information content (AvgIpc) is 2.82. The third-order valence-corrected chi connectivity index (χ3v) is 4.00. The number of nitrogens with one attached hydrogen (secondary N) is 2. The van der Waals surface area contributed by atoms with Crippen LogP contribution in [0.3, 0.4) is 0 Å². The van der Waals surface area contributed by atoms with Crippen molar-refractivity contribution in [3.8, 4) is 0 Å². The average molecular weight is 292 g/mol. The number of hydrogen-bond acceptors (Lipinski definition) is 2. The van der Waals surface area contributed by atoms with Crippen molar-refractivity contribution in [2.75, 3.05) is 10.6 Å². The number of amides is 1. The number of benzene rings is 2. The highest BCUT2D eigenvalue weighted by Gasteiger charge is 2.25. The Labute approximate surface area is 131 Å². The van der Waals surface area contributed by atoms with Crippen LogP contribution in [0, 0.1) is 6.92 Å². The number of rotatable bonds is 3. The summed E-state index contributed by atoms with van der Waals surface area (Å²) in [5.74, 6) is 0.457. The topological polar surface area (TPSA) is 41.1 Å². The zero-order chi connectivity index (χ0) is 15.7. The summed E-state index contributed by atoms with van der Waals surface area (Å²) in [5, 5.41) is 6.13. The van der Waals surface area contributed by atoms with Crippen molar-refractivity contribution in [1.29, 1.82) is 0 Å². The molecule has 1 amide bonds. The highest BCUT2D eigenvalue weighted by Crippen LogP contribution is 2.34. The zero-order valence-electron chi connectivity index (χ0n) is 13.1. The van der Waals surface area contributed by atoms with Gasteiger partial charge in [-0.3, -0.25) is 4.79 Å². The van der Waals surface area contributed by atoms with E-state index in [2.05, 4.69) is 36.6 Å². The highest BCUT2D eigenvalue weighted by atomic mass is 16.2. The molecule has 0 unspecified atom stereocenters. The van der Waals surface area contributed by atoms with Gasteiger partial charge in [0, 0.05) is 23.1 Å². The predicted octanol–water partition coefficient (Wildman–Crippen LogP) is 4.52. The van der Waals surface area contributed by atoms with Crippen molar-refractivity contribution in [1.82, 2.24) is 0 Å². The molecular weight excluding hydrogens is 272 g/mol. The van der Waals surface area contributed by atoms with Crippen LogP contribution >= 0.6 is 0 Å². The van der Waals surface area contributed by atoms with Crippen molar-refractivity contribution < 1.29 is 4.79 Å². The fourth-order valence-electron chi connectivity index (χ4n) is 2.69. The number of aryl methyl sites for hydroxylation is 1. The van der Waals surface area contributed by atoms with Crippen LogP contribution in [0.5, 0.6) is 0 Å². The van der Waals surface area contributed by atoms with Crippen molar-refractivity contribution in [3.05, 3.63) is 65.4 Å². The minimum atomic E-state index is -0.0596. The number of hydrogen-bond donors (Lipinski definition) is 2. The van der Waals surface area contributed by atoms with Gasteiger partial charge in [-0.05, 0) is 42.2 Å². The molecule has 0 atom stereocenters. The molecule has 0 aliphatic carbocycles. The number of carbonyl (C=O) groups is 1. The first kappa shape index (κ1) is 14.4. The highest BCUT2D eigenvalue weighted by molar-refractivity contribution is 6.32. The van der Waals surface area contributed by atoms with E-state index in [4.69, 9.17) is 0 Å². The molecule has 22 heavy (non-hydrogen) atoms. The standard InChI is InChI=1S/C19H20N2O/c1-12(2)14-7-9-15(10-8-14)20-11-16-18-13(3)5-4-6-17(18)21-19(16)22/h4-12,20H,1-3H3,(H,21,22)/b16-11+. The quantitative estimate of drug-likeness (QED) is 0.816. The third-order valence-electron chi connectivity index (χ3n) is 4.00. The van der Waals surface area contributed by atoms with Crippen LogP contribution in [-0.2, 0) is 4.79 Å². The predicted molar refractivity (Wildman–Crippen MR) is 91.9 cm³/mol. The Bertz CT molecular complexity index is 743. The van der Waals surface area contributed by atoms with Gasteiger partial charge >= 0.3 is 0 Å². The van der Waals surface area contributed by atoms with Crippen LogP contribution in [0.4, 0.5) is 11.4 Å². The van der Waals surface area contributed by atoms with Gasteiger partial charge in [-0.25, -0.2) is 0 Å². The number of anilines is 2. The summed E-state index contributed by atoms with van der Waals surface area (Å²) in [6, 6.07) is 14.2. The van der Waals surface area contributed by atoms with Crippen LogP contribution in [0.25, 0.3) is 5.57 Å². The summed E-state index contributed by atoms with van der Waals surface area (Å²) in [5.41, 5.74) is 5.93. The maximum atomic E-state index is 12.1. The van der Waals surface area contributed by atoms with Crippen molar-refractivity contribution in [2.45, 2.75) is 26.7 Å². The van der Waals surface area contributed by atoms with E-state index in [-0.39, 0.29) is 5.91 Å². The van der Waals surface area contributed by atoms with Crippen molar-refractivity contribution in [2.24, 2.45) is 0 Å². The first-order valence-electron chi connectivity index (χ1n) is 7.54. The van der Waals surface area contributed by atoms with Gasteiger partial charge in [0.2, 0.25) is 0 Å². The first-order valence-corrected chi connectivity index (χ1v) is 7.54. The van der Waals surface area contributed by atoms with Gasteiger partial charge in [0.15, 0.2) is 0 Å². The number of fused-ring (bicyclic) bond motifs is 1. The second kappa shape index (κ2) is 5.68. The van der Waals surface area contributed by atoms with E-state index in [1.54, 1.807) is 6.20 Å². The summed E-state index contributed by atoms with van der Waals surface area (Å²) in [7, 11) is 0. The lowest BCUT2D eigenvalue weighted by Gasteiger charge is -2.08. The molecular formula is C19H20N2O. The molecule has 3 rings (SSSR count). The van der Waals surface area contributed by atoms with Gasteiger partial charge in [-0.2, -0.15) is 0 Å². The fraction of sp³-hybridized carbons (Fsp3) is 0.211. The van der Waals surface area contributed by atoms with Gasteiger partial charge in [-0.15, -0.1) is 0 Å². The molecule has 0 spiro atoms. The lowest BCUT2D eigenvalue weighted by molar-refractivity contribution is -0.110. The molecule has 0 bridgehead atoms. The maximum Gasteiger partial charge on any atom is 0.257 e. The van der Waals surface area contributed by atoms with Crippen LogP contribution < -0.4 is 10.6 Å². The molecule has 0 saturated carbocycles. The number of carbonyl (C=O) groups excluding carboxylic acids is 1. The minimum absolute atomic E-state index is 0.0596. The summed E-state index contributed by atoms with van der Waals surface area (Å²) in [6.07, 6.45) is 1.79. The molecule has 0 aromatic heterocycles. The largest absolute Gasteiger partial charge is 0.361 e. The summed E-state index contributed by atoms with van der Waals surface area (Å²) < 4.78 is 0. The van der Waals surface area contributed by atoms with E-state index in [1.165, 1.54) is 5.56 Å². The third kappa shape index (κ3) is 2.62. The van der Waals surface area contributed by atoms with E-state index < -0.39 is 0 Å². The Morgan fingerprint density at radius 3 is 2.50 bits per heavy atom. The second-order valence-electron chi connectivity index (χ2n) is 5.93. The Kier molecular flexibility index (Phi) is 3.72. The molecule has 1 aliphatic heterocycles. The minimum Gasteiger partial charge on any atom is -0.361 e. The van der Waals surface area contributed by atoms with Crippen LogP contribution in [-0.4, -0.2) is 5.91 Å². The summed E-state index contributed by atoms with van der Waals surface area (Å²) >= 11 is 0. The van der Waals surface area contributed by atoms with Crippen LogP contribution in [0.2, 0.25) is 0 Å². The molecule has 0 saturated heterocycles. The molecule has 0 fully saturated rings.